The average Bonchev–Trinajstić information content (AvgIpc) is 2.72. The molecule has 3 rings (SSSR count). The Hall–Kier alpha value is -1.40. The Bertz CT molecular complexity index is 510. The fourth-order valence-electron chi connectivity index (χ4n) is 4.42. The molecule has 6 heteroatoms. The SMILES string of the molecule is O=C(NC[C@H](O)C1CCCCC1)[C@@H]1CC=CC[C@H]1C(=O)N1CCOCC1. The monoisotopic (exact) mass is 364 g/mol. The summed E-state index contributed by atoms with van der Waals surface area (Å²) in [7, 11) is 0. The van der Waals surface area contributed by atoms with E-state index >= 15 is 0 Å². The van der Waals surface area contributed by atoms with Crippen LogP contribution in [0.1, 0.15) is 44.9 Å². The predicted octanol–water partition coefficient (Wildman–Crippen LogP) is 1.48. The van der Waals surface area contributed by atoms with Gasteiger partial charge in [-0.15, -0.1) is 0 Å². The first-order valence-corrected chi connectivity index (χ1v) is 10.1. The molecule has 1 heterocycles. The third-order valence-corrected chi connectivity index (χ3v) is 6.09. The summed E-state index contributed by atoms with van der Waals surface area (Å²) in [6.45, 7) is 2.64. The van der Waals surface area contributed by atoms with Gasteiger partial charge in [-0.25, -0.2) is 0 Å². The molecule has 0 aromatic carbocycles. The Morgan fingerprint density at radius 1 is 1.08 bits per heavy atom. The molecule has 1 saturated carbocycles. The molecule has 146 valence electrons. The second-order valence-corrected chi connectivity index (χ2v) is 7.80. The molecule has 0 aromatic rings. The van der Waals surface area contributed by atoms with Gasteiger partial charge in [-0.1, -0.05) is 31.4 Å². The molecule has 26 heavy (non-hydrogen) atoms. The lowest BCUT2D eigenvalue weighted by Gasteiger charge is -2.34. The number of nitrogens with one attached hydrogen (secondary N) is 1. The summed E-state index contributed by atoms with van der Waals surface area (Å²) in [5, 5.41) is 13.3. The van der Waals surface area contributed by atoms with Crippen LogP contribution in [-0.4, -0.2) is 60.8 Å². The van der Waals surface area contributed by atoms with Crippen LogP contribution >= 0.6 is 0 Å². The van der Waals surface area contributed by atoms with Gasteiger partial charge in [0.05, 0.1) is 31.2 Å². The summed E-state index contributed by atoms with van der Waals surface area (Å²) < 4.78 is 5.32. The predicted molar refractivity (Wildman–Crippen MR) is 98.3 cm³/mol. The van der Waals surface area contributed by atoms with Crippen LogP contribution in [-0.2, 0) is 14.3 Å². The number of nitrogens with zero attached hydrogens (tertiary/aromatic N) is 1. The molecule has 1 saturated heterocycles. The number of morpholine rings is 1. The van der Waals surface area contributed by atoms with E-state index < -0.39 is 6.10 Å². The minimum absolute atomic E-state index is 0.0608. The lowest BCUT2D eigenvalue weighted by Crippen LogP contribution is -2.49. The quantitative estimate of drug-likeness (QED) is 0.725. The summed E-state index contributed by atoms with van der Waals surface area (Å²) in [5.41, 5.74) is 0. The molecule has 3 aliphatic rings. The van der Waals surface area contributed by atoms with Crippen LogP contribution in [0, 0.1) is 17.8 Å². The maximum absolute atomic E-state index is 12.9. The van der Waals surface area contributed by atoms with Crippen molar-refractivity contribution < 1.29 is 19.4 Å². The normalized spacial score (nSPS) is 28.6. The molecule has 0 unspecified atom stereocenters. The third kappa shape index (κ3) is 4.86. The summed E-state index contributed by atoms with van der Waals surface area (Å²) in [5.74, 6) is -0.388. The first kappa shape index (κ1) is 19.4. The minimum atomic E-state index is -0.480. The van der Waals surface area contributed by atoms with Gasteiger partial charge in [0.1, 0.15) is 0 Å². The van der Waals surface area contributed by atoms with Crippen LogP contribution < -0.4 is 5.32 Å². The highest BCUT2D eigenvalue weighted by atomic mass is 16.5. The molecular weight excluding hydrogens is 332 g/mol. The zero-order valence-corrected chi connectivity index (χ0v) is 15.6. The van der Waals surface area contributed by atoms with Crippen molar-refractivity contribution in [1.29, 1.82) is 0 Å². The molecule has 2 N–H and O–H groups in total. The summed E-state index contributed by atoms with van der Waals surface area (Å²) in [4.78, 5) is 27.4. The van der Waals surface area contributed by atoms with E-state index in [4.69, 9.17) is 4.74 Å². The Labute approximate surface area is 156 Å². The number of aliphatic hydroxyl groups is 1. The number of ether oxygens (including phenoxy) is 1. The van der Waals surface area contributed by atoms with Gasteiger partial charge in [0.15, 0.2) is 0 Å². The van der Waals surface area contributed by atoms with Crippen LogP contribution in [0.5, 0.6) is 0 Å². The number of hydrogen-bond acceptors (Lipinski definition) is 4. The standard InChI is InChI=1S/C20H32N2O4/c23-18(15-6-2-1-3-7-15)14-21-19(24)16-8-4-5-9-17(16)20(25)22-10-12-26-13-11-22/h4-5,15-18,23H,1-3,6-14H2,(H,21,24)/t16-,17-,18+/m1/s1. The van der Waals surface area contributed by atoms with Gasteiger partial charge >= 0.3 is 0 Å². The fourth-order valence-corrected chi connectivity index (χ4v) is 4.42. The number of rotatable bonds is 5. The van der Waals surface area contributed by atoms with Crippen molar-refractivity contribution in [2.45, 2.75) is 51.0 Å². The van der Waals surface area contributed by atoms with E-state index in [9.17, 15) is 14.7 Å². The molecule has 0 bridgehead atoms. The number of carbonyl (C=O) groups is 2. The molecule has 0 spiro atoms. The fraction of sp³-hybridized carbons (Fsp3) is 0.800. The molecule has 3 atom stereocenters. The Morgan fingerprint density at radius 2 is 1.73 bits per heavy atom. The van der Waals surface area contributed by atoms with E-state index in [0.717, 1.165) is 12.8 Å². The van der Waals surface area contributed by atoms with Crippen LogP contribution in [0.4, 0.5) is 0 Å². The van der Waals surface area contributed by atoms with Crippen molar-refractivity contribution in [1.82, 2.24) is 10.2 Å². The Kier molecular flexibility index (Phi) is 7.08. The van der Waals surface area contributed by atoms with Gasteiger partial charge in [0.2, 0.25) is 11.8 Å². The van der Waals surface area contributed by atoms with E-state index in [1.54, 1.807) is 0 Å². The zero-order valence-electron chi connectivity index (χ0n) is 15.6. The van der Waals surface area contributed by atoms with Gasteiger partial charge < -0.3 is 20.1 Å². The van der Waals surface area contributed by atoms with E-state index in [-0.39, 0.29) is 23.7 Å². The van der Waals surface area contributed by atoms with E-state index in [1.165, 1.54) is 19.3 Å². The van der Waals surface area contributed by atoms with Crippen molar-refractivity contribution in [3.8, 4) is 0 Å². The Balaban J connectivity index is 1.53. The second kappa shape index (κ2) is 9.51. The van der Waals surface area contributed by atoms with Crippen molar-refractivity contribution in [2.75, 3.05) is 32.8 Å². The number of aliphatic hydroxyl groups excluding tert-OH is 1. The second-order valence-electron chi connectivity index (χ2n) is 7.80. The van der Waals surface area contributed by atoms with Crippen LogP contribution in [0.25, 0.3) is 0 Å². The van der Waals surface area contributed by atoms with Crippen molar-refractivity contribution in [3.05, 3.63) is 12.2 Å². The first-order chi connectivity index (χ1) is 12.7. The highest BCUT2D eigenvalue weighted by Gasteiger charge is 2.37. The highest BCUT2D eigenvalue weighted by Crippen LogP contribution is 2.29. The van der Waals surface area contributed by atoms with Gasteiger partial charge in [0, 0.05) is 19.6 Å². The van der Waals surface area contributed by atoms with Crippen molar-refractivity contribution in [2.24, 2.45) is 17.8 Å². The molecule has 2 aliphatic carbocycles. The summed E-state index contributed by atoms with van der Waals surface area (Å²) >= 11 is 0. The molecule has 2 amide bonds. The van der Waals surface area contributed by atoms with Crippen molar-refractivity contribution >= 4 is 11.8 Å². The van der Waals surface area contributed by atoms with E-state index in [1.807, 2.05) is 17.1 Å². The van der Waals surface area contributed by atoms with Gasteiger partial charge in [0.25, 0.3) is 0 Å². The largest absolute Gasteiger partial charge is 0.391 e. The molecule has 1 aliphatic heterocycles. The molecule has 0 aromatic heterocycles. The Morgan fingerprint density at radius 3 is 2.42 bits per heavy atom. The maximum atomic E-state index is 12.9. The third-order valence-electron chi connectivity index (χ3n) is 6.09. The van der Waals surface area contributed by atoms with Crippen LogP contribution in [0.15, 0.2) is 12.2 Å². The molecular formula is C20H32N2O4. The van der Waals surface area contributed by atoms with Crippen LogP contribution in [0.2, 0.25) is 0 Å². The zero-order chi connectivity index (χ0) is 18.4. The highest BCUT2D eigenvalue weighted by molar-refractivity contribution is 5.88. The summed E-state index contributed by atoms with van der Waals surface area (Å²) in [6.07, 6.45) is 10.4. The first-order valence-electron chi connectivity index (χ1n) is 10.1. The smallest absolute Gasteiger partial charge is 0.226 e. The van der Waals surface area contributed by atoms with E-state index in [2.05, 4.69) is 5.32 Å². The number of carbonyl (C=O) groups excluding carboxylic acids is 2. The van der Waals surface area contributed by atoms with E-state index in [0.29, 0.717) is 51.6 Å². The number of amides is 2. The molecule has 6 nitrogen and oxygen atoms in total. The molecule has 0 radical (unpaired) electrons. The topological polar surface area (TPSA) is 78.9 Å². The summed E-state index contributed by atoms with van der Waals surface area (Å²) in [6, 6.07) is 0. The number of allylic oxidation sites excluding steroid dienone is 2. The van der Waals surface area contributed by atoms with Gasteiger partial charge in [-0.3, -0.25) is 9.59 Å². The van der Waals surface area contributed by atoms with Crippen LogP contribution in [0.3, 0.4) is 0 Å². The van der Waals surface area contributed by atoms with Gasteiger partial charge in [-0.2, -0.15) is 0 Å². The lowest BCUT2D eigenvalue weighted by molar-refractivity contribution is -0.145. The van der Waals surface area contributed by atoms with Crippen molar-refractivity contribution in [3.63, 3.8) is 0 Å². The number of hydrogen-bond donors (Lipinski definition) is 2. The average molecular weight is 364 g/mol. The minimum Gasteiger partial charge on any atom is -0.391 e. The molecule has 2 fully saturated rings. The maximum Gasteiger partial charge on any atom is 0.226 e. The van der Waals surface area contributed by atoms with Gasteiger partial charge in [-0.05, 0) is 31.6 Å². The lowest BCUT2D eigenvalue weighted by atomic mass is 9.81.